The van der Waals surface area contributed by atoms with E-state index < -0.39 is 0 Å². The fraction of sp³-hybridized carbons (Fsp3) is 0.552. The number of likely N-dealkylation sites (N-methyl/N-ethyl adjacent to an activating group) is 1. The van der Waals surface area contributed by atoms with E-state index in [9.17, 15) is 9.59 Å². The first kappa shape index (κ1) is 25.8. The van der Waals surface area contributed by atoms with Gasteiger partial charge in [0.15, 0.2) is 0 Å². The Balaban J connectivity index is 1.44. The van der Waals surface area contributed by atoms with Gasteiger partial charge in [0, 0.05) is 89.4 Å². The molecule has 8 heteroatoms. The van der Waals surface area contributed by atoms with E-state index in [-0.39, 0.29) is 17.9 Å². The predicted octanol–water partition coefficient (Wildman–Crippen LogP) is 2.45. The molecule has 0 aliphatic carbocycles. The summed E-state index contributed by atoms with van der Waals surface area (Å²) in [7, 11) is 2.14. The standard InChI is InChI=1S/C29H40N6O2/c1-23(36)34-13-11-26-9-10-27(35(26)19-24-6-5-12-30-18-24)21-33(20-25-7-3-4-8-28(25)34)29(37)22-32-16-14-31(2)15-17-32/h3-8,12,18,26-27H,9-11,13-17,19-22H2,1-2H3. The number of carbonyl (C=O) groups is 2. The molecule has 2 atom stereocenters. The van der Waals surface area contributed by atoms with Crippen LogP contribution in [0, 0.1) is 0 Å². The van der Waals surface area contributed by atoms with Gasteiger partial charge in [-0.15, -0.1) is 0 Å². The number of aromatic nitrogens is 1. The van der Waals surface area contributed by atoms with Crippen LogP contribution in [-0.4, -0.2) is 101 Å². The van der Waals surface area contributed by atoms with Gasteiger partial charge in [-0.2, -0.15) is 0 Å². The normalized spacial score (nSPS) is 23.9. The Morgan fingerprint density at radius 1 is 0.946 bits per heavy atom. The summed E-state index contributed by atoms with van der Waals surface area (Å²) in [6, 6.07) is 12.9. The van der Waals surface area contributed by atoms with Crippen molar-refractivity contribution in [1.29, 1.82) is 0 Å². The quantitative estimate of drug-likeness (QED) is 0.638. The Kier molecular flexibility index (Phi) is 8.17. The van der Waals surface area contributed by atoms with E-state index in [0.29, 0.717) is 32.2 Å². The summed E-state index contributed by atoms with van der Waals surface area (Å²) in [5.41, 5.74) is 3.17. The molecule has 3 aliphatic heterocycles. The molecular formula is C29H40N6O2. The van der Waals surface area contributed by atoms with Crippen LogP contribution in [0.4, 0.5) is 5.69 Å². The monoisotopic (exact) mass is 504 g/mol. The summed E-state index contributed by atoms with van der Waals surface area (Å²) >= 11 is 0. The topological polar surface area (TPSA) is 63.2 Å². The number of hydrogen-bond acceptors (Lipinski definition) is 6. The molecular weight excluding hydrogens is 464 g/mol. The third-order valence-corrected chi connectivity index (χ3v) is 8.31. The number of piperazine rings is 1. The number of rotatable bonds is 4. The molecule has 0 N–H and O–H groups in total. The molecule has 2 unspecified atom stereocenters. The van der Waals surface area contributed by atoms with Gasteiger partial charge in [-0.05, 0) is 49.6 Å². The highest BCUT2D eigenvalue weighted by molar-refractivity contribution is 5.92. The molecule has 2 fully saturated rings. The first-order valence-electron chi connectivity index (χ1n) is 13.7. The van der Waals surface area contributed by atoms with Gasteiger partial charge in [0.2, 0.25) is 11.8 Å². The fourth-order valence-corrected chi connectivity index (χ4v) is 6.13. The van der Waals surface area contributed by atoms with Crippen LogP contribution in [0.15, 0.2) is 48.8 Å². The van der Waals surface area contributed by atoms with Crippen LogP contribution >= 0.6 is 0 Å². The van der Waals surface area contributed by atoms with E-state index in [1.54, 1.807) is 6.92 Å². The molecule has 2 saturated heterocycles. The van der Waals surface area contributed by atoms with Gasteiger partial charge in [-0.1, -0.05) is 24.3 Å². The molecule has 0 saturated carbocycles. The first-order chi connectivity index (χ1) is 18.0. The molecule has 2 amide bonds. The fourth-order valence-electron chi connectivity index (χ4n) is 6.13. The van der Waals surface area contributed by atoms with Crippen molar-refractivity contribution in [3.8, 4) is 0 Å². The predicted molar refractivity (Wildman–Crippen MR) is 145 cm³/mol. The molecule has 0 radical (unpaired) electrons. The molecule has 8 nitrogen and oxygen atoms in total. The maximum absolute atomic E-state index is 13.8. The highest BCUT2D eigenvalue weighted by Gasteiger charge is 2.37. The Morgan fingerprint density at radius 2 is 1.73 bits per heavy atom. The number of para-hydroxylation sites is 1. The summed E-state index contributed by atoms with van der Waals surface area (Å²) in [5, 5.41) is 0. The summed E-state index contributed by atoms with van der Waals surface area (Å²) in [5.74, 6) is 0.230. The van der Waals surface area contributed by atoms with Crippen LogP contribution in [0.3, 0.4) is 0 Å². The lowest BCUT2D eigenvalue weighted by atomic mass is 10.1. The van der Waals surface area contributed by atoms with Gasteiger partial charge in [0.05, 0.1) is 6.54 Å². The number of amides is 2. The van der Waals surface area contributed by atoms with Gasteiger partial charge >= 0.3 is 0 Å². The van der Waals surface area contributed by atoms with Crippen molar-refractivity contribution < 1.29 is 9.59 Å². The summed E-state index contributed by atoms with van der Waals surface area (Å²) in [6.45, 7) is 8.65. The third kappa shape index (κ3) is 6.20. The second kappa shape index (κ2) is 11.7. The minimum absolute atomic E-state index is 0.0513. The van der Waals surface area contributed by atoms with Crippen LogP contribution in [0.2, 0.25) is 0 Å². The zero-order chi connectivity index (χ0) is 25.8. The number of fused-ring (bicyclic) bond motifs is 3. The van der Waals surface area contributed by atoms with Crippen molar-refractivity contribution >= 4 is 17.5 Å². The molecule has 0 spiro atoms. The molecule has 1 aromatic carbocycles. The SMILES string of the molecule is CC(=O)N1CCC2CCC(CN(C(=O)CN3CCN(C)CC3)Cc3ccccc31)N2Cc1cccnc1. The Bertz CT molecular complexity index is 1070. The third-order valence-electron chi connectivity index (χ3n) is 8.31. The van der Waals surface area contributed by atoms with Crippen molar-refractivity contribution in [2.75, 3.05) is 57.8 Å². The molecule has 4 heterocycles. The van der Waals surface area contributed by atoms with E-state index in [1.165, 1.54) is 5.56 Å². The van der Waals surface area contributed by atoms with Crippen LogP contribution in [0.5, 0.6) is 0 Å². The number of benzene rings is 1. The van der Waals surface area contributed by atoms with E-state index in [2.05, 4.69) is 43.8 Å². The smallest absolute Gasteiger partial charge is 0.237 e. The number of hydrogen-bond donors (Lipinski definition) is 0. The minimum atomic E-state index is 0.0513. The van der Waals surface area contributed by atoms with Gasteiger partial charge in [-0.3, -0.25) is 24.4 Å². The molecule has 37 heavy (non-hydrogen) atoms. The Hall–Kier alpha value is -2.81. The number of carbonyl (C=O) groups excluding carboxylic acids is 2. The molecule has 2 bridgehead atoms. The average Bonchev–Trinajstić information content (AvgIpc) is 3.25. The van der Waals surface area contributed by atoms with Crippen molar-refractivity contribution in [2.24, 2.45) is 0 Å². The second-order valence-corrected chi connectivity index (χ2v) is 10.9. The molecule has 3 aliphatic rings. The molecule has 5 rings (SSSR count). The number of pyridine rings is 1. The summed E-state index contributed by atoms with van der Waals surface area (Å²) in [4.78, 5) is 42.1. The van der Waals surface area contributed by atoms with Gasteiger partial charge in [-0.25, -0.2) is 0 Å². The van der Waals surface area contributed by atoms with E-state index in [4.69, 9.17) is 0 Å². The van der Waals surface area contributed by atoms with E-state index in [0.717, 1.165) is 63.2 Å². The Morgan fingerprint density at radius 3 is 2.49 bits per heavy atom. The number of nitrogens with zero attached hydrogens (tertiary/aromatic N) is 6. The highest BCUT2D eigenvalue weighted by Crippen LogP contribution is 2.32. The Labute approximate surface area is 220 Å². The van der Waals surface area contributed by atoms with Crippen molar-refractivity contribution in [2.45, 2.75) is 51.4 Å². The van der Waals surface area contributed by atoms with Gasteiger partial charge < -0.3 is 14.7 Å². The average molecular weight is 505 g/mol. The number of anilines is 1. The summed E-state index contributed by atoms with van der Waals surface area (Å²) < 4.78 is 0. The van der Waals surface area contributed by atoms with Crippen LogP contribution < -0.4 is 4.90 Å². The molecule has 2 aromatic rings. The largest absolute Gasteiger partial charge is 0.336 e. The van der Waals surface area contributed by atoms with E-state index >= 15 is 0 Å². The zero-order valence-corrected chi connectivity index (χ0v) is 22.3. The lowest BCUT2D eigenvalue weighted by molar-refractivity contribution is -0.134. The van der Waals surface area contributed by atoms with Crippen molar-refractivity contribution in [3.05, 3.63) is 59.9 Å². The maximum Gasteiger partial charge on any atom is 0.237 e. The van der Waals surface area contributed by atoms with Gasteiger partial charge in [0.1, 0.15) is 0 Å². The zero-order valence-electron chi connectivity index (χ0n) is 22.3. The van der Waals surface area contributed by atoms with Crippen molar-refractivity contribution in [3.63, 3.8) is 0 Å². The van der Waals surface area contributed by atoms with Crippen LogP contribution in [0.25, 0.3) is 0 Å². The lowest BCUT2D eigenvalue weighted by Crippen LogP contribution is -2.51. The lowest BCUT2D eigenvalue weighted by Gasteiger charge is -2.36. The molecule has 198 valence electrons. The minimum Gasteiger partial charge on any atom is -0.336 e. The first-order valence-corrected chi connectivity index (χ1v) is 13.7. The summed E-state index contributed by atoms with van der Waals surface area (Å²) in [6.07, 6.45) is 6.81. The highest BCUT2D eigenvalue weighted by atomic mass is 16.2. The van der Waals surface area contributed by atoms with Crippen LogP contribution in [-0.2, 0) is 22.7 Å². The van der Waals surface area contributed by atoms with Gasteiger partial charge in [0.25, 0.3) is 0 Å². The van der Waals surface area contributed by atoms with Crippen LogP contribution in [0.1, 0.15) is 37.3 Å². The maximum atomic E-state index is 13.8. The van der Waals surface area contributed by atoms with E-state index in [1.807, 2.05) is 41.6 Å². The van der Waals surface area contributed by atoms with Crippen molar-refractivity contribution in [1.82, 2.24) is 24.6 Å². The second-order valence-electron chi connectivity index (χ2n) is 10.9. The molecule has 1 aromatic heterocycles.